The molecule has 1 saturated heterocycles. The lowest BCUT2D eigenvalue weighted by Gasteiger charge is -2.36. The maximum Gasteiger partial charge on any atom is 0.247 e. The fourth-order valence-corrected chi connectivity index (χ4v) is 6.83. The van der Waals surface area contributed by atoms with Crippen LogP contribution in [-0.2, 0) is 21.1 Å². The standard InChI is InChI=1S/C34H42N4O3Si/c1-23(2)41-30-12-11-24(17-25(30)18-35)32-36-19-26(20-37-32)27-9-8-10-29-28(27)13-14-34(29)15-16-38(22-34)31(39)21-40-42(6,7)33(3,4)5/h8-12,17,19-20,23H,13-16,21-22H2,1-7H3. The van der Waals surface area contributed by atoms with Gasteiger partial charge in [-0.15, -0.1) is 0 Å². The molecule has 1 unspecified atom stereocenters. The van der Waals surface area contributed by atoms with Crippen molar-refractivity contribution < 1.29 is 14.0 Å². The summed E-state index contributed by atoms with van der Waals surface area (Å²) in [4.78, 5) is 24.6. The van der Waals surface area contributed by atoms with Gasteiger partial charge in [0, 0.05) is 42.0 Å². The first-order chi connectivity index (χ1) is 19.8. The molecule has 220 valence electrons. The zero-order valence-corrected chi connectivity index (χ0v) is 27.0. The van der Waals surface area contributed by atoms with Crippen LogP contribution in [0.15, 0.2) is 48.8 Å². The zero-order valence-electron chi connectivity index (χ0n) is 26.0. The van der Waals surface area contributed by atoms with E-state index in [0.717, 1.165) is 49.0 Å². The van der Waals surface area contributed by atoms with Crippen LogP contribution in [0.4, 0.5) is 0 Å². The van der Waals surface area contributed by atoms with Gasteiger partial charge in [-0.25, -0.2) is 9.97 Å². The number of fused-ring (bicyclic) bond motifs is 2. The first kappa shape index (κ1) is 29.9. The summed E-state index contributed by atoms with van der Waals surface area (Å²) in [7, 11) is -1.98. The third-order valence-electron chi connectivity index (χ3n) is 9.35. The van der Waals surface area contributed by atoms with Gasteiger partial charge in [0.1, 0.15) is 18.4 Å². The molecule has 1 aliphatic heterocycles. The van der Waals surface area contributed by atoms with Crippen molar-refractivity contribution in [1.29, 1.82) is 5.26 Å². The highest BCUT2D eigenvalue weighted by atomic mass is 28.4. The van der Waals surface area contributed by atoms with Crippen LogP contribution in [0, 0.1) is 11.3 Å². The first-order valence-electron chi connectivity index (χ1n) is 14.9. The topological polar surface area (TPSA) is 88.3 Å². The summed E-state index contributed by atoms with van der Waals surface area (Å²) < 4.78 is 12.0. The number of hydrogen-bond acceptors (Lipinski definition) is 6. The minimum atomic E-state index is -1.98. The Morgan fingerprint density at radius 1 is 1.12 bits per heavy atom. The highest BCUT2D eigenvalue weighted by Crippen LogP contribution is 2.48. The third-order valence-corrected chi connectivity index (χ3v) is 13.8. The molecule has 0 saturated carbocycles. The van der Waals surface area contributed by atoms with Gasteiger partial charge in [0.05, 0.1) is 11.7 Å². The summed E-state index contributed by atoms with van der Waals surface area (Å²) in [6.07, 6.45) is 6.71. The molecule has 1 amide bonds. The number of nitrogens with zero attached hydrogens (tertiary/aromatic N) is 4. The highest BCUT2D eigenvalue weighted by molar-refractivity contribution is 6.74. The Morgan fingerprint density at radius 3 is 2.52 bits per heavy atom. The molecule has 42 heavy (non-hydrogen) atoms. The molecule has 0 bridgehead atoms. The van der Waals surface area contributed by atoms with Crippen molar-refractivity contribution >= 4 is 14.2 Å². The molecule has 1 fully saturated rings. The number of nitriles is 1. The van der Waals surface area contributed by atoms with E-state index in [2.05, 4.69) is 68.1 Å². The fourth-order valence-electron chi connectivity index (χ4n) is 5.91. The molecule has 2 heterocycles. The van der Waals surface area contributed by atoms with Gasteiger partial charge >= 0.3 is 0 Å². The average molecular weight is 583 g/mol. The van der Waals surface area contributed by atoms with E-state index < -0.39 is 8.32 Å². The van der Waals surface area contributed by atoms with Crippen LogP contribution in [-0.4, -0.2) is 54.9 Å². The van der Waals surface area contributed by atoms with Crippen molar-refractivity contribution in [3.05, 3.63) is 65.5 Å². The molecule has 5 rings (SSSR count). The highest BCUT2D eigenvalue weighted by Gasteiger charge is 2.46. The first-order valence-corrected chi connectivity index (χ1v) is 17.8. The third kappa shape index (κ3) is 5.73. The second kappa shape index (κ2) is 11.3. The van der Waals surface area contributed by atoms with Crippen molar-refractivity contribution in [2.24, 2.45) is 0 Å². The van der Waals surface area contributed by atoms with Crippen LogP contribution in [0.5, 0.6) is 5.75 Å². The molecular weight excluding hydrogens is 540 g/mol. The molecule has 2 aliphatic rings. The minimum Gasteiger partial charge on any atom is -0.490 e. The van der Waals surface area contributed by atoms with Gasteiger partial charge in [0.25, 0.3) is 0 Å². The normalized spacial score (nSPS) is 18.4. The van der Waals surface area contributed by atoms with Crippen LogP contribution in [0.3, 0.4) is 0 Å². The van der Waals surface area contributed by atoms with Gasteiger partial charge < -0.3 is 14.1 Å². The van der Waals surface area contributed by atoms with Gasteiger partial charge in [0.2, 0.25) is 5.91 Å². The number of likely N-dealkylation sites (tertiary alicyclic amines) is 1. The molecule has 1 atom stereocenters. The van der Waals surface area contributed by atoms with Gasteiger partial charge in [-0.2, -0.15) is 5.26 Å². The molecule has 8 heteroatoms. The minimum absolute atomic E-state index is 0.00767. The Hall–Kier alpha value is -3.54. The molecule has 7 nitrogen and oxygen atoms in total. The lowest BCUT2D eigenvalue weighted by Crippen LogP contribution is -2.44. The smallest absolute Gasteiger partial charge is 0.247 e. The molecule has 0 radical (unpaired) electrons. The number of amides is 1. The molecule has 1 aromatic heterocycles. The van der Waals surface area contributed by atoms with Crippen LogP contribution in [0.2, 0.25) is 18.1 Å². The summed E-state index contributed by atoms with van der Waals surface area (Å²) in [6, 6.07) is 14.2. The number of ether oxygens (including phenoxy) is 1. The van der Waals surface area contributed by atoms with E-state index in [0.29, 0.717) is 17.1 Å². The van der Waals surface area contributed by atoms with Crippen molar-refractivity contribution in [2.45, 2.75) is 83.5 Å². The number of hydrogen-bond donors (Lipinski definition) is 0. The summed E-state index contributed by atoms with van der Waals surface area (Å²) in [5, 5.41) is 9.69. The Labute approximate surface area is 251 Å². The predicted octanol–water partition coefficient (Wildman–Crippen LogP) is 6.91. The summed E-state index contributed by atoms with van der Waals surface area (Å²) in [5.74, 6) is 1.24. The molecule has 2 aromatic carbocycles. The van der Waals surface area contributed by atoms with Crippen LogP contribution >= 0.6 is 0 Å². The largest absolute Gasteiger partial charge is 0.490 e. The summed E-state index contributed by atoms with van der Waals surface area (Å²) in [5.41, 5.74) is 6.05. The molecule has 1 spiro atoms. The zero-order chi connectivity index (χ0) is 30.3. The monoisotopic (exact) mass is 582 g/mol. The van der Waals surface area contributed by atoms with Crippen LogP contribution < -0.4 is 4.74 Å². The number of rotatable bonds is 7. The summed E-state index contributed by atoms with van der Waals surface area (Å²) in [6.45, 7) is 16.6. The van der Waals surface area contributed by atoms with Crippen molar-refractivity contribution in [3.8, 4) is 34.3 Å². The Balaban J connectivity index is 1.33. The van der Waals surface area contributed by atoms with E-state index in [9.17, 15) is 10.1 Å². The second-order valence-electron chi connectivity index (χ2n) is 13.5. The van der Waals surface area contributed by atoms with Crippen molar-refractivity contribution in [2.75, 3.05) is 19.7 Å². The second-order valence-corrected chi connectivity index (χ2v) is 18.3. The average Bonchev–Trinajstić information content (AvgIpc) is 3.55. The Kier molecular flexibility index (Phi) is 8.03. The quantitative estimate of drug-likeness (QED) is 0.281. The molecule has 3 aromatic rings. The lowest BCUT2D eigenvalue weighted by atomic mass is 9.80. The van der Waals surface area contributed by atoms with E-state index >= 15 is 0 Å². The number of carbonyl (C=O) groups excluding carboxylic acids is 1. The van der Waals surface area contributed by atoms with E-state index in [1.165, 1.54) is 11.1 Å². The van der Waals surface area contributed by atoms with Gasteiger partial charge in [-0.3, -0.25) is 4.79 Å². The predicted molar refractivity (Wildman–Crippen MR) is 168 cm³/mol. The number of aromatic nitrogens is 2. The van der Waals surface area contributed by atoms with E-state index in [1.54, 1.807) is 6.07 Å². The van der Waals surface area contributed by atoms with Crippen molar-refractivity contribution in [1.82, 2.24) is 14.9 Å². The fraction of sp³-hybridized carbons (Fsp3) is 0.471. The van der Waals surface area contributed by atoms with Crippen molar-refractivity contribution in [3.63, 3.8) is 0 Å². The maximum atomic E-state index is 13.2. The molecule has 0 N–H and O–H groups in total. The van der Waals surface area contributed by atoms with E-state index in [1.807, 2.05) is 43.3 Å². The summed E-state index contributed by atoms with van der Waals surface area (Å²) >= 11 is 0. The van der Waals surface area contributed by atoms with Gasteiger partial charge in [-0.1, -0.05) is 39.0 Å². The van der Waals surface area contributed by atoms with Gasteiger partial charge in [0.15, 0.2) is 14.1 Å². The lowest BCUT2D eigenvalue weighted by molar-refractivity contribution is -0.132. The van der Waals surface area contributed by atoms with E-state index in [4.69, 9.17) is 9.16 Å². The Bertz CT molecular complexity index is 1520. The maximum absolute atomic E-state index is 13.2. The SMILES string of the molecule is CC(C)Oc1ccc(-c2ncc(-c3cccc4c3CCC43CCN(C(=O)CO[Si](C)(C)C(C)(C)C)C3)cn2)cc1C#N. The number of carbonyl (C=O) groups is 1. The van der Waals surface area contributed by atoms with Gasteiger partial charge in [-0.05, 0) is 86.1 Å². The molecular formula is C34H42N4O3Si. The van der Waals surface area contributed by atoms with E-state index in [-0.39, 0.29) is 29.1 Å². The molecule has 1 aliphatic carbocycles. The number of benzene rings is 2. The van der Waals surface area contributed by atoms with Crippen LogP contribution in [0.25, 0.3) is 22.5 Å². The Morgan fingerprint density at radius 2 is 1.86 bits per heavy atom. The van der Waals surface area contributed by atoms with Crippen LogP contribution in [0.1, 0.15) is 64.2 Å².